The summed E-state index contributed by atoms with van der Waals surface area (Å²) >= 11 is 11.1. The van der Waals surface area contributed by atoms with Gasteiger partial charge in [-0.25, -0.2) is 0 Å². The van der Waals surface area contributed by atoms with Crippen LogP contribution in [0.25, 0.3) is 6.08 Å². The van der Waals surface area contributed by atoms with E-state index in [1.807, 2.05) is 19.1 Å². The second-order valence-corrected chi connectivity index (χ2v) is 5.37. The lowest BCUT2D eigenvalue weighted by atomic mass is 10.2. The fourth-order valence-corrected chi connectivity index (χ4v) is 2.49. The zero-order valence-corrected chi connectivity index (χ0v) is 13.3. The molecule has 0 radical (unpaired) electrons. The summed E-state index contributed by atoms with van der Waals surface area (Å²) in [4.78, 5) is 13.9. The van der Waals surface area contributed by atoms with Crippen molar-refractivity contribution in [2.45, 2.75) is 13.3 Å². The molecule has 0 aliphatic carbocycles. The van der Waals surface area contributed by atoms with Crippen LogP contribution in [0, 0.1) is 0 Å². The quantitative estimate of drug-likeness (QED) is 0.496. The summed E-state index contributed by atoms with van der Waals surface area (Å²) in [7, 11) is 0. The molecule has 0 aromatic heterocycles. The molecule has 4 nitrogen and oxygen atoms in total. The summed E-state index contributed by atoms with van der Waals surface area (Å²) in [5, 5.41) is 4.01. The van der Waals surface area contributed by atoms with Crippen LogP contribution in [0.4, 0.5) is 0 Å². The molecule has 1 amide bonds. The van der Waals surface area contributed by atoms with Crippen LogP contribution in [0.5, 0.6) is 0 Å². The molecule has 0 spiro atoms. The van der Waals surface area contributed by atoms with Crippen molar-refractivity contribution in [3.05, 3.63) is 40.5 Å². The zero-order chi connectivity index (χ0) is 15.2. The van der Waals surface area contributed by atoms with E-state index in [2.05, 4.69) is 5.32 Å². The summed E-state index contributed by atoms with van der Waals surface area (Å²) in [6.45, 7) is 3.80. The number of thiocarbonyl (C=S) groups is 1. The molecular weight excluding hydrogens is 308 g/mol. The van der Waals surface area contributed by atoms with Crippen molar-refractivity contribution in [2.24, 2.45) is 0 Å². The highest BCUT2D eigenvalue weighted by molar-refractivity contribution is 7.80. The molecular formula is C15H17ClN2O2S. The van der Waals surface area contributed by atoms with Crippen molar-refractivity contribution in [3.63, 3.8) is 0 Å². The number of carbonyl (C=O) groups excluding carboxylic acids is 1. The molecule has 21 heavy (non-hydrogen) atoms. The molecule has 0 unspecified atom stereocenters. The van der Waals surface area contributed by atoms with Gasteiger partial charge in [-0.15, -0.1) is 0 Å². The first-order valence-corrected chi connectivity index (χ1v) is 7.58. The van der Waals surface area contributed by atoms with Gasteiger partial charge in [0.25, 0.3) is 5.91 Å². The van der Waals surface area contributed by atoms with Crippen molar-refractivity contribution >= 4 is 40.9 Å². The van der Waals surface area contributed by atoms with E-state index in [1.165, 1.54) is 0 Å². The van der Waals surface area contributed by atoms with E-state index in [0.29, 0.717) is 35.6 Å². The van der Waals surface area contributed by atoms with Gasteiger partial charge in [-0.1, -0.05) is 23.7 Å². The first-order chi connectivity index (χ1) is 10.1. The Bertz CT molecular complexity index is 575. The van der Waals surface area contributed by atoms with Crippen LogP contribution in [0.15, 0.2) is 30.0 Å². The molecule has 1 aromatic carbocycles. The third-order valence-electron chi connectivity index (χ3n) is 3.00. The highest BCUT2D eigenvalue weighted by Gasteiger charge is 2.29. The van der Waals surface area contributed by atoms with E-state index in [1.54, 1.807) is 23.1 Å². The minimum atomic E-state index is -0.114. The molecule has 0 bridgehead atoms. The Hall–Kier alpha value is -1.43. The number of hydrogen-bond donors (Lipinski definition) is 1. The van der Waals surface area contributed by atoms with E-state index < -0.39 is 0 Å². The number of halogens is 1. The Kier molecular flexibility index (Phi) is 5.73. The van der Waals surface area contributed by atoms with Gasteiger partial charge in [0.15, 0.2) is 5.11 Å². The third kappa shape index (κ3) is 4.27. The summed E-state index contributed by atoms with van der Waals surface area (Å²) in [5.74, 6) is -0.114. The number of rotatable bonds is 6. The van der Waals surface area contributed by atoms with Crippen molar-refractivity contribution < 1.29 is 9.53 Å². The maximum absolute atomic E-state index is 12.3. The van der Waals surface area contributed by atoms with Crippen LogP contribution >= 0.6 is 23.8 Å². The minimum Gasteiger partial charge on any atom is -0.382 e. The van der Waals surface area contributed by atoms with Gasteiger partial charge in [0.05, 0.1) is 0 Å². The lowest BCUT2D eigenvalue weighted by molar-refractivity contribution is -0.122. The maximum Gasteiger partial charge on any atom is 0.276 e. The van der Waals surface area contributed by atoms with Crippen molar-refractivity contribution in [2.75, 3.05) is 19.8 Å². The Balaban J connectivity index is 2.03. The molecule has 2 rings (SSSR count). The first kappa shape index (κ1) is 15.9. The van der Waals surface area contributed by atoms with Gasteiger partial charge >= 0.3 is 0 Å². The molecule has 112 valence electrons. The molecule has 1 fully saturated rings. The first-order valence-electron chi connectivity index (χ1n) is 6.79. The minimum absolute atomic E-state index is 0.114. The topological polar surface area (TPSA) is 41.6 Å². The summed E-state index contributed by atoms with van der Waals surface area (Å²) < 4.78 is 5.27. The van der Waals surface area contributed by atoms with Crippen LogP contribution < -0.4 is 5.32 Å². The van der Waals surface area contributed by atoms with E-state index in [-0.39, 0.29) is 5.91 Å². The lowest BCUT2D eigenvalue weighted by Crippen LogP contribution is -2.32. The van der Waals surface area contributed by atoms with Crippen LogP contribution in [0.2, 0.25) is 5.02 Å². The van der Waals surface area contributed by atoms with E-state index in [4.69, 9.17) is 28.6 Å². The standard InChI is InChI=1S/C15H17ClN2O2S/c1-2-20-8-4-7-18-14(19)13(17-15(18)21)10-11-5-3-6-12(16)9-11/h3,5-6,9-10H,2,4,7-8H2,1H3,(H,17,21)/b13-10+. The Labute approximate surface area is 134 Å². The number of nitrogens with one attached hydrogen (secondary N) is 1. The average molecular weight is 325 g/mol. The van der Waals surface area contributed by atoms with Gasteiger partial charge < -0.3 is 10.1 Å². The van der Waals surface area contributed by atoms with Gasteiger partial charge in [-0.2, -0.15) is 0 Å². The lowest BCUT2D eigenvalue weighted by Gasteiger charge is -2.13. The molecule has 6 heteroatoms. The van der Waals surface area contributed by atoms with E-state index in [9.17, 15) is 4.79 Å². The molecule has 1 aliphatic heterocycles. The number of amides is 1. The van der Waals surface area contributed by atoms with Gasteiger partial charge in [0, 0.05) is 24.8 Å². The molecule has 1 heterocycles. The highest BCUT2D eigenvalue weighted by Crippen LogP contribution is 2.17. The summed E-state index contributed by atoms with van der Waals surface area (Å²) in [5.41, 5.74) is 1.33. The van der Waals surface area contributed by atoms with Crippen LogP contribution in [0.1, 0.15) is 18.9 Å². The highest BCUT2D eigenvalue weighted by atomic mass is 35.5. The Morgan fingerprint density at radius 3 is 3.00 bits per heavy atom. The summed E-state index contributed by atoms with van der Waals surface area (Å²) in [6, 6.07) is 7.31. The molecule has 0 atom stereocenters. The predicted octanol–water partition coefficient (Wildman–Crippen LogP) is 2.82. The van der Waals surface area contributed by atoms with E-state index >= 15 is 0 Å². The Morgan fingerprint density at radius 1 is 1.48 bits per heavy atom. The fraction of sp³-hybridized carbons (Fsp3) is 0.333. The zero-order valence-electron chi connectivity index (χ0n) is 11.8. The second-order valence-electron chi connectivity index (χ2n) is 4.55. The average Bonchev–Trinajstić information content (AvgIpc) is 2.70. The number of hydrogen-bond acceptors (Lipinski definition) is 3. The molecule has 1 N–H and O–H groups in total. The third-order valence-corrected chi connectivity index (χ3v) is 3.55. The van der Waals surface area contributed by atoms with Crippen molar-refractivity contribution in [1.29, 1.82) is 0 Å². The number of benzene rings is 1. The predicted molar refractivity (Wildman–Crippen MR) is 88.0 cm³/mol. The van der Waals surface area contributed by atoms with E-state index in [0.717, 1.165) is 12.0 Å². The van der Waals surface area contributed by atoms with Gasteiger partial charge in [-0.05, 0) is 49.3 Å². The molecule has 1 aliphatic rings. The molecule has 1 aromatic rings. The fourth-order valence-electron chi connectivity index (χ4n) is 2.01. The molecule has 1 saturated heterocycles. The largest absolute Gasteiger partial charge is 0.382 e. The monoisotopic (exact) mass is 324 g/mol. The molecule has 0 saturated carbocycles. The normalized spacial score (nSPS) is 16.7. The maximum atomic E-state index is 12.3. The number of carbonyl (C=O) groups is 1. The van der Waals surface area contributed by atoms with Crippen LogP contribution in [-0.2, 0) is 9.53 Å². The van der Waals surface area contributed by atoms with Crippen molar-refractivity contribution in [3.8, 4) is 0 Å². The van der Waals surface area contributed by atoms with Gasteiger partial charge in [-0.3, -0.25) is 9.69 Å². The van der Waals surface area contributed by atoms with Gasteiger partial charge in [0.2, 0.25) is 0 Å². The SMILES string of the molecule is CCOCCCN1C(=O)/C(=C\c2cccc(Cl)c2)NC1=S. The number of nitrogens with zero attached hydrogens (tertiary/aromatic N) is 1. The van der Waals surface area contributed by atoms with Crippen molar-refractivity contribution in [1.82, 2.24) is 10.2 Å². The number of ether oxygens (including phenoxy) is 1. The second kappa shape index (κ2) is 7.54. The van der Waals surface area contributed by atoms with Crippen LogP contribution in [-0.4, -0.2) is 35.7 Å². The van der Waals surface area contributed by atoms with Crippen LogP contribution in [0.3, 0.4) is 0 Å². The van der Waals surface area contributed by atoms with Gasteiger partial charge in [0.1, 0.15) is 5.70 Å². The smallest absolute Gasteiger partial charge is 0.276 e. The Morgan fingerprint density at radius 2 is 2.29 bits per heavy atom. The summed E-state index contributed by atoms with van der Waals surface area (Å²) in [6.07, 6.45) is 2.51.